The van der Waals surface area contributed by atoms with E-state index < -0.39 is 0 Å². The Morgan fingerprint density at radius 2 is 2.00 bits per heavy atom. The molecule has 3 heteroatoms. The first-order chi connectivity index (χ1) is 8.70. The van der Waals surface area contributed by atoms with Gasteiger partial charge in [-0.05, 0) is 32.8 Å². The Morgan fingerprint density at radius 1 is 1.28 bits per heavy atom. The summed E-state index contributed by atoms with van der Waals surface area (Å²) in [5, 5.41) is 3.32. The van der Waals surface area contributed by atoms with Gasteiger partial charge in [-0.3, -0.25) is 0 Å². The van der Waals surface area contributed by atoms with Crippen molar-refractivity contribution in [3.05, 3.63) is 47.8 Å². The number of nitrogens with zero attached hydrogens (tertiary/aromatic N) is 2. The molecule has 1 unspecified atom stereocenters. The van der Waals surface area contributed by atoms with E-state index in [9.17, 15) is 0 Å². The van der Waals surface area contributed by atoms with Crippen LogP contribution in [0.3, 0.4) is 0 Å². The van der Waals surface area contributed by atoms with Gasteiger partial charge in [0, 0.05) is 18.8 Å². The van der Waals surface area contributed by atoms with Gasteiger partial charge < -0.3 is 9.88 Å². The highest BCUT2D eigenvalue weighted by atomic mass is 15.2. The Balaban J connectivity index is 2.15. The predicted molar refractivity (Wildman–Crippen MR) is 76.0 cm³/mol. The van der Waals surface area contributed by atoms with E-state index in [0.717, 1.165) is 24.6 Å². The molecule has 1 aromatic heterocycles. The first kappa shape index (κ1) is 12.7. The molecule has 96 valence electrons. The largest absolute Gasteiger partial charge is 0.356 e. The summed E-state index contributed by atoms with van der Waals surface area (Å²) in [4.78, 5) is 4.51. The molecule has 18 heavy (non-hydrogen) atoms. The number of rotatable bonds is 5. The smallest absolute Gasteiger partial charge is 0.203 e. The molecule has 3 nitrogen and oxygen atoms in total. The fourth-order valence-electron chi connectivity index (χ4n) is 2.19. The molecule has 1 atom stereocenters. The summed E-state index contributed by atoms with van der Waals surface area (Å²) in [5.41, 5.74) is 2.42. The lowest BCUT2D eigenvalue weighted by molar-refractivity contribution is 0.549. The topological polar surface area (TPSA) is 29.9 Å². The molecule has 0 aliphatic carbocycles. The van der Waals surface area contributed by atoms with E-state index in [0.29, 0.717) is 6.04 Å². The molecule has 1 aromatic carbocycles. The quantitative estimate of drug-likeness (QED) is 0.872. The van der Waals surface area contributed by atoms with Crippen LogP contribution in [0.5, 0.6) is 0 Å². The number of hydrogen-bond acceptors (Lipinski definition) is 2. The lowest BCUT2D eigenvalue weighted by Gasteiger charge is -2.16. The monoisotopic (exact) mass is 243 g/mol. The van der Waals surface area contributed by atoms with E-state index >= 15 is 0 Å². The molecule has 2 aromatic rings. The minimum absolute atomic E-state index is 0.405. The van der Waals surface area contributed by atoms with Gasteiger partial charge in [0.15, 0.2) is 0 Å². The SMILES string of the molecule is CCNc1nc(C)cn1C(C)Cc1ccccc1. The second-order valence-corrected chi connectivity index (χ2v) is 4.68. The third-order valence-electron chi connectivity index (χ3n) is 3.04. The standard InChI is InChI=1S/C15H21N3/c1-4-16-15-17-12(2)11-18(15)13(3)10-14-8-6-5-7-9-14/h5-9,11,13H,4,10H2,1-3H3,(H,16,17). The Morgan fingerprint density at radius 3 is 2.67 bits per heavy atom. The first-order valence-electron chi connectivity index (χ1n) is 6.54. The second-order valence-electron chi connectivity index (χ2n) is 4.68. The van der Waals surface area contributed by atoms with Gasteiger partial charge in [0.1, 0.15) is 0 Å². The average Bonchev–Trinajstić information content (AvgIpc) is 2.72. The zero-order chi connectivity index (χ0) is 13.0. The molecule has 0 spiro atoms. The van der Waals surface area contributed by atoms with Crippen molar-refractivity contribution in [2.45, 2.75) is 33.2 Å². The third-order valence-corrected chi connectivity index (χ3v) is 3.04. The highest BCUT2D eigenvalue weighted by Crippen LogP contribution is 2.19. The molecule has 0 aliphatic heterocycles. The summed E-state index contributed by atoms with van der Waals surface area (Å²) in [6, 6.07) is 11.0. The Kier molecular flexibility index (Phi) is 4.03. The molecular formula is C15H21N3. The summed E-state index contributed by atoms with van der Waals surface area (Å²) >= 11 is 0. The van der Waals surface area contributed by atoms with E-state index in [4.69, 9.17) is 0 Å². The maximum absolute atomic E-state index is 4.51. The number of aryl methyl sites for hydroxylation is 1. The van der Waals surface area contributed by atoms with Crippen LogP contribution in [0.4, 0.5) is 5.95 Å². The van der Waals surface area contributed by atoms with Gasteiger partial charge in [0.2, 0.25) is 5.95 Å². The fourth-order valence-corrected chi connectivity index (χ4v) is 2.19. The number of anilines is 1. The molecular weight excluding hydrogens is 222 g/mol. The fraction of sp³-hybridized carbons (Fsp3) is 0.400. The minimum Gasteiger partial charge on any atom is -0.356 e. The van der Waals surface area contributed by atoms with Crippen LogP contribution in [0.15, 0.2) is 36.5 Å². The van der Waals surface area contributed by atoms with Crippen LogP contribution in [0, 0.1) is 6.92 Å². The molecule has 1 heterocycles. The Bertz CT molecular complexity index is 488. The average molecular weight is 243 g/mol. The van der Waals surface area contributed by atoms with Crippen LogP contribution in [-0.4, -0.2) is 16.1 Å². The van der Waals surface area contributed by atoms with E-state index in [1.807, 2.05) is 6.92 Å². The number of benzene rings is 1. The van der Waals surface area contributed by atoms with Gasteiger partial charge in [-0.15, -0.1) is 0 Å². The van der Waals surface area contributed by atoms with Gasteiger partial charge in [-0.2, -0.15) is 0 Å². The molecule has 0 bridgehead atoms. The predicted octanol–water partition coefficient (Wildman–Crippen LogP) is 3.43. The molecule has 0 amide bonds. The van der Waals surface area contributed by atoms with Crippen molar-refractivity contribution in [2.24, 2.45) is 0 Å². The van der Waals surface area contributed by atoms with E-state index in [2.05, 4.69) is 65.2 Å². The first-order valence-corrected chi connectivity index (χ1v) is 6.54. The van der Waals surface area contributed by atoms with E-state index in [-0.39, 0.29) is 0 Å². The summed E-state index contributed by atoms with van der Waals surface area (Å²) in [6.07, 6.45) is 3.14. The van der Waals surface area contributed by atoms with Gasteiger partial charge in [0.05, 0.1) is 5.69 Å². The van der Waals surface area contributed by atoms with Gasteiger partial charge in [0.25, 0.3) is 0 Å². The van der Waals surface area contributed by atoms with Crippen molar-refractivity contribution >= 4 is 5.95 Å². The van der Waals surface area contributed by atoms with Crippen molar-refractivity contribution in [3.63, 3.8) is 0 Å². The normalized spacial score (nSPS) is 12.4. The van der Waals surface area contributed by atoms with Crippen molar-refractivity contribution in [2.75, 3.05) is 11.9 Å². The van der Waals surface area contributed by atoms with Crippen LogP contribution in [-0.2, 0) is 6.42 Å². The summed E-state index contributed by atoms with van der Waals surface area (Å²) in [7, 11) is 0. The van der Waals surface area contributed by atoms with E-state index in [1.54, 1.807) is 0 Å². The van der Waals surface area contributed by atoms with E-state index in [1.165, 1.54) is 5.56 Å². The lowest BCUT2D eigenvalue weighted by Crippen LogP contribution is -2.12. The van der Waals surface area contributed by atoms with Crippen molar-refractivity contribution in [1.29, 1.82) is 0 Å². The van der Waals surface area contributed by atoms with Crippen LogP contribution in [0.1, 0.15) is 31.1 Å². The van der Waals surface area contributed by atoms with Crippen molar-refractivity contribution in [3.8, 4) is 0 Å². The van der Waals surface area contributed by atoms with Gasteiger partial charge in [-0.25, -0.2) is 4.98 Å². The van der Waals surface area contributed by atoms with Crippen LogP contribution >= 0.6 is 0 Å². The Labute approximate surface area is 109 Å². The Hall–Kier alpha value is -1.77. The molecule has 0 saturated carbocycles. The van der Waals surface area contributed by atoms with Crippen LogP contribution in [0.2, 0.25) is 0 Å². The molecule has 1 N–H and O–H groups in total. The number of imidazole rings is 1. The summed E-state index contributed by atoms with van der Waals surface area (Å²) in [6.45, 7) is 7.26. The summed E-state index contributed by atoms with van der Waals surface area (Å²) < 4.78 is 2.23. The number of nitrogens with one attached hydrogen (secondary N) is 1. The molecule has 0 fully saturated rings. The zero-order valence-corrected chi connectivity index (χ0v) is 11.4. The summed E-state index contributed by atoms with van der Waals surface area (Å²) in [5.74, 6) is 0.971. The second kappa shape index (κ2) is 5.71. The van der Waals surface area contributed by atoms with Gasteiger partial charge >= 0.3 is 0 Å². The molecule has 2 rings (SSSR count). The van der Waals surface area contributed by atoms with Gasteiger partial charge in [-0.1, -0.05) is 30.3 Å². The number of hydrogen-bond donors (Lipinski definition) is 1. The molecule has 0 aliphatic rings. The zero-order valence-electron chi connectivity index (χ0n) is 11.4. The lowest BCUT2D eigenvalue weighted by atomic mass is 10.1. The van der Waals surface area contributed by atoms with Crippen molar-refractivity contribution < 1.29 is 0 Å². The minimum atomic E-state index is 0.405. The third kappa shape index (κ3) is 2.92. The maximum atomic E-state index is 4.51. The maximum Gasteiger partial charge on any atom is 0.203 e. The number of aromatic nitrogens is 2. The highest BCUT2D eigenvalue weighted by molar-refractivity contribution is 5.29. The molecule has 0 saturated heterocycles. The highest BCUT2D eigenvalue weighted by Gasteiger charge is 2.11. The van der Waals surface area contributed by atoms with Crippen LogP contribution < -0.4 is 5.32 Å². The van der Waals surface area contributed by atoms with Crippen molar-refractivity contribution in [1.82, 2.24) is 9.55 Å². The molecule has 0 radical (unpaired) electrons. The van der Waals surface area contributed by atoms with Crippen LogP contribution in [0.25, 0.3) is 0 Å².